The Bertz CT molecular complexity index is 589. The molecule has 2 aromatic rings. The third-order valence-corrected chi connectivity index (χ3v) is 3.96. The molecular formula is C16H18ClN3O. The highest BCUT2D eigenvalue weighted by atomic mass is 35.5. The molecule has 0 unspecified atom stereocenters. The maximum Gasteiger partial charge on any atom is 0.146 e. The fraction of sp³-hybridized carbons (Fsp3) is 0.312. The maximum atomic E-state index is 6.21. The maximum absolute atomic E-state index is 6.21. The molecule has 5 heteroatoms. The quantitative estimate of drug-likeness (QED) is 0.814. The summed E-state index contributed by atoms with van der Waals surface area (Å²) in [4.78, 5) is 2.40. The predicted octanol–water partition coefficient (Wildman–Crippen LogP) is 3.08. The Labute approximate surface area is 129 Å². The van der Waals surface area contributed by atoms with Crippen molar-refractivity contribution in [3.05, 3.63) is 59.0 Å². The van der Waals surface area contributed by atoms with Crippen molar-refractivity contribution in [1.29, 1.82) is 0 Å². The zero-order valence-corrected chi connectivity index (χ0v) is 12.5. The standard InChI is InChI=1S/C16H18ClN3O/c17-16-6-2-1-4-14(16)13-19-7-9-20(10-8-19)18-12-15-5-3-11-21-15/h1-6,11-12H,7-10,13H2. The fourth-order valence-corrected chi connectivity index (χ4v) is 2.58. The van der Waals surface area contributed by atoms with Gasteiger partial charge in [-0.25, -0.2) is 0 Å². The van der Waals surface area contributed by atoms with E-state index in [1.165, 1.54) is 5.56 Å². The first kappa shape index (κ1) is 14.2. The Morgan fingerprint density at radius 1 is 1.10 bits per heavy atom. The number of rotatable bonds is 4. The summed E-state index contributed by atoms with van der Waals surface area (Å²) in [7, 11) is 0. The van der Waals surface area contributed by atoms with E-state index < -0.39 is 0 Å². The second-order valence-corrected chi connectivity index (χ2v) is 5.49. The summed E-state index contributed by atoms with van der Waals surface area (Å²) in [6.45, 7) is 4.71. The van der Waals surface area contributed by atoms with Crippen molar-refractivity contribution >= 4 is 17.8 Å². The predicted molar refractivity (Wildman–Crippen MR) is 84.6 cm³/mol. The summed E-state index contributed by atoms with van der Waals surface area (Å²) in [6.07, 6.45) is 3.42. The molecule has 0 N–H and O–H groups in total. The lowest BCUT2D eigenvalue weighted by Gasteiger charge is -2.33. The molecule has 0 radical (unpaired) electrons. The van der Waals surface area contributed by atoms with Gasteiger partial charge in [-0.1, -0.05) is 29.8 Å². The van der Waals surface area contributed by atoms with E-state index in [1.807, 2.05) is 30.3 Å². The minimum absolute atomic E-state index is 0.786. The molecule has 110 valence electrons. The summed E-state index contributed by atoms with van der Waals surface area (Å²) in [6, 6.07) is 11.8. The number of hydrazone groups is 1. The minimum atomic E-state index is 0.786. The summed E-state index contributed by atoms with van der Waals surface area (Å²) in [5.74, 6) is 0.786. The van der Waals surface area contributed by atoms with Crippen LogP contribution in [0.4, 0.5) is 0 Å². The van der Waals surface area contributed by atoms with Gasteiger partial charge in [-0.2, -0.15) is 5.10 Å². The highest BCUT2D eigenvalue weighted by Crippen LogP contribution is 2.17. The molecule has 1 aliphatic heterocycles. The van der Waals surface area contributed by atoms with Crippen LogP contribution in [0.2, 0.25) is 5.02 Å². The molecule has 0 amide bonds. The molecule has 4 nitrogen and oxygen atoms in total. The Morgan fingerprint density at radius 3 is 2.62 bits per heavy atom. The molecule has 1 aromatic carbocycles. The van der Waals surface area contributed by atoms with Crippen molar-refractivity contribution in [3.63, 3.8) is 0 Å². The molecule has 1 saturated heterocycles. The summed E-state index contributed by atoms with van der Waals surface area (Å²) in [5, 5.41) is 7.36. The topological polar surface area (TPSA) is 32.0 Å². The Morgan fingerprint density at radius 2 is 1.90 bits per heavy atom. The zero-order chi connectivity index (χ0) is 14.5. The molecule has 1 aliphatic rings. The second kappa shape index (κ2) is 6.78. The number of halogens is 1. The Kier molecular flexibility index (Phi) is 4.58. The van der Waals surface area contributed by atoms with Crippen LogP contribution in [0.5, 0.6) is 0 Å². The summed E-state index contributed by atoms with van der Waals surface area (Å²) >= 11 is 6.21. The molecule has 0 spiro atoms. The van der Waals surface area contributed by atoms with Crippen molar-refractivity contribution in [2.24, 2.45) is 5.10 Å². The highest BCUT2D eigenvalue weighted by Gasteiger charge is 2.16. The number of hydrogen-bond donors (Lipinski definition) is 0. The molecule has 21 heavy (non-hydrogen) atoms. The van der Waals surface area contributed by atoms with Crippen LogP contribution in [0.15, 0.2) is 52.2 Å². The van der Waals surface area contributed by atoms with Gasteiger partial charge in [0.1, 0.15) is 5.76 Å². The highest BCUT2D eigenvalue weighted by molar-refractivity contribution is 6.31. The van der Waals surface area contributed by atoms with Crippen LogP contribution in [0.25, 0.3) is 0 Å². The first-order valence-electron chi connectivity index (χ1n) is 7.09. The van der Waals surface area contributed by atoms with E-state index in [0.717, 1.165) is 43.5 Å². The van der Waals surface area contributed by atoms with Crippen molar-refractivity contribution in [3.8, 4) is 0 Å². The van der Waals surface area contributed by atoms with Gasteiger partial charge in [-0.15, -0.1) is 0 Å². The van der Waals surface area contributed by atoms with Crippen LogP contribution in [0, 0.1) is 0 Å². The van der Waals surface area contributed by atoms with Crippen LogP contribution < -0.4 is 0 Å². The van der Waals surface area contributed by atoms with Gasteiger partial charge in [0.2, 0.25) is 0 Å². The van der Waals surface area contributed by atoms with Crippen LogP contribution in [0.3, 0.4) is 0 Å². The first-order chi connectivity index (χ1) is 10.3. The van der Waals surface area contributed by atoms with E-state index in [4.69, 9.17) is 16.0 Å². The van der Waals surface area contributed by atoms with E-state index in [0.29, 0.717) is 0 Å². The second-order valence-electron chi connectivity index (χ2n) is 5.08. The fourth-order valence-electron chi connectivity index (χ4n) is 2.38. The lowest BCUT2D eigenvalue weighted by atomic mass is 10.2. The third-order valence-electron chi connectivity index (χ3n) is 3.59. The molecule has 2 heterocycles. The first-order valence-corrected chi connectivity index (χ1v) is 7.47. The summed E-state index contributed by atoms with van der Waals surface area (Å²) in [5.41, 5.74) is 1.19. The molecule has 1 aromatic heterocycles. The van der Waals surface area contributed by atoms with Crippen LogP contribution in [-0.2, 0) is 6.54 Å². The zero-order valence-electron chi connectivity index (χ0n) is 11.8. The monoisotopic (exact) mass is 303 g/mol. The van der Waals surface area contributed by atoms with Gasteiger partial charge >= 0.3 is 0 Å². The van der Waals surface area contributed by atoms with Crippen LogP contribution in [0.1, 0.15) is 11.3 Å². The van der Waals surface area contributed by atoms with Gasteiger partial charge in [0, 0.05) is 37.7 Å². The van der Waals surface area contributed by atoms with Crippen molar-refractivity contribution in [2.75, 3.05) is 26.2 Å². The Balaban J connectivity index is 1.50. The summed E-state index contributed by atoms with van der Waals surface area (Å²) < 4.78 is 5.24. The van der Waals surface area contributed by atoms with E-state index in [1.54, 1.807) is 12.5 Å². The lowest BCUT2D eigenvalue weighted by Crippen LogP contribution is -2.43. The SMILES string of the molecule is Clc1ccccc1CN1CCN(N=Cc2ccco2)CC1. The molecule has 1 fully saturated rings. The molecular weight excluding hydrogens is 286 g/mol. The van der Waals surface area contributed by atoms with E-state index in [-0.39, 0.29) is 0 Å². The largest absolute Gasteiger partial charge is 0.463 e. The third kappa shape index (κ3) is 3.86. The van der Waals surface area contributed by atoms with Crippen LogP contribution >= 0.6 is 11.6 Å². The Hall–Kier alpha value is -1.78. The van der Waals surface area contributed by atoms with Gasteiger partial charge in [-0.3, -0.25) is 9.91 Å². The normalized spacial score (nSPS) is 16.7. The number of hydrogen-bond acceptors (Lipinski definition) is 4. The lowest BCUT2D eigenvalue weighted by molar-refractivity contribution is 0.131. The van der Waals surface area contributed by atoms with Gasteiger partial charge in [0.15, 0.2) is 0 Å². The number of furan rings is 1. The molecule has 0 bridgehead atoms. The van der Waals surface area contributed by atoms with Gasteiger partial charge in [0.25, 0.3) is 0 Å². The smallest absolute Gasteiger partial charge is 0.146 e. The number of benzene rings is 1. The van der Waals surface area contributed by atoms with Gasteiger partial charge < -0.3 is 4.42 Å². The van der Waals surface area contributed by atoms with Gasteiger partial charge in [0.05, 0.1) is 12.5 Å². The van der Waals surface area contributed by atoms with E-state index in [2.05, 4.69) is 21.1 Å². The average Bonchev–Trinajstić information content (AvgIpc) is 3.02. The van der Waals surface area contributed by atoms with E-state index in [9.17, 15) is 0 Å². The molecule has 3 rings (SSSR count). The molecule has 0 saturated carbocycles. The van der Waals surface area contributed by atoms with E-state index >= 15 is 0 Å². The van der Waals surface area contributed by atoms with Crippen molar-refractivity contribution in [1.82, 2.24) is 9.91 Å². The molecule has 0 aliphatic carbocycles. The minimum Gasteiger partial charge on any atom is -0.463 e. The van der Waals surface area contributed by atoms with Gasteiger partial charge in [-0.05, 0) is 23.8 Å². The number of piperazine rings is 1. The van der Waals surface area contributed by atoms with Crippen molar-refractivity contribution in [2.45, 2.75) is 6.54 Å². The van der Waals surface area contributed by atoms with Crippen LogP contribution in [-0.4, -0.2) is 42.3 Å². The average molecular weight is 304 g/mol. The van der Waals surface area contributed by atoms with Crippen molar-refractivity contribution < 1.29 is 4.42 Å². The number of nitrogens with zero attached hydrogens (tertiary/aromatic N) is 3. The molecule has 0 atom stereocenters.